The van der Waals surface area contributed by atoms with Crippen LogP contribution in [0.25, 0.3) is 0 Å². The number of aryl methyl sites for hydroxylation is 1. The van der Waals surface area contributed by atoms with Gasteiger partial charge < -0.3 is 9.88 Å². The van der Waals surface area contributed by atoms with Crippen LogP contribution in [0.4, 0.5) is 5.69 Å². The molecule has 0 spiro atoms. The number of carbonyl (C=O) groups excluding carboxylic acids is 2. The summed E-state index contributed by atoms with van der Waals surface area (Å²) in [6, 6.07) is 4.82. The van der Waals surface area contributed by atoms with Crippen LogP contribution in [-0.2, 0) is 22.9 Å². The van der Waals surface area contributed by atoms with Gasteiger partial charge in [0.1, 0.15) is 5.69 Å². The molecule has 8 heteroatoms. The summed E-state index contributed by atoms with van der Waals surface area (Å²) in [6.07, 6.45) is 1.21. The van der Waals surface area contributed by atoms with Crippen molar-refractivity contribution in [2.75, 3.05) is 18.5 Å². The summed E-state index contributed by atoms with van der Waals surface area (Å²) in [5.74, 6) is -0.330. The molecule has 2 aromatic rings. The van der Waals surface area contributed by atoms with E-state index in [1.54, 1.807) is 24.0 Å². The number of rotatable bonds is 5. The van der Waals surface area contributed by atoms with Crippen molar-refractivity contribution in [2.24, 2.45) is 0 Å². The largest absolute Gasteiger partial charge is 0.354 e. The van der Waals surface area contributed by atoms with Gasteiger partial charge >= 0.3 is 0 Å². The van der Waals surface area contributed by atoms with E-state index >= 15 is 0 Å². The molecule has 0 unspecified atom stereocenters. The lowest BCUT2D eigenvalue weighted by molar-refractivity contribution is 0.0983. The number of aromatic nitrogens is 1. The van der Waals surface area contributed by atoms with E-state index in [4.69, 9.17) is 0 Å². The van der Waals surface area contributed by atoms with E-state index in [0.29, 0.717) is 47.6 Å². The van der Waals surface area contributed by atoms with Crippen molar-refractivity contribution in [1.82, 2.24) is 9.71 Å². The van der Waals surface area contributed by atoms with Crippen LogP contribution in [0.1, 0.15) is 51.5 Å². The number of fused-ring (bicyclic) bond motifs is 1. The fraction of sp³-hybridized carbons (Fsp3) is 0.368. The summed E-state index contributed by atoms with van der Waals surface area (Å²) in [5, 5.41) is 0. The highest BCUT2D eigenvalue weighted by atomic mass is 32.2. The Morgan fingerprint density at radius 2 is 2.00 bits per heavy atom. The van der Waals surface area contributed by atoms with Crippen LogP contribution < -0.4 is 9.62 Å². The second-order valence-electron chi connectivity index (χ2n) is 6.59. The Morgan fingerprint density at radius 1 is 1.30 bits per heavy atom. The standard InChI is InChI=1S/C19H23N3O4S/c1-5-15-17(12(3)23)11(2)21-18(15)19(24)22-9-8-13-6-7-14(10-16(13)22)27(25,26)20-4/h6-7,10,20-21H,5,8-9H2,1-4H3. The predicted octanol–water partition coefficient (Wildman–Crippen LogP) is 2.20. The number of ketones is 1. The zero-order valence-corrected chi connectivity index (χ0v) is 16.7. The SMILES string of the molecule is CCc1c(C(=O)N2CCc3ccc(S(=O)(=O)NC)cc32)[nH]c(C)c1C(C)=O. The van der Waals surface area contributed by atoms with E-state index in [-0.39, 0.29) is 16.6 Å². The normalized spacial score (nSPS) is 13.7. The highest BCUT2D eigenvalue weighted by molar-refractivity contribution is 7.89. The molecular weight excluding hydrogens is 366 g/mol. The van der Waals surface area contributed by atoms with Crippen molar-refractivity contribution in [2.45, 2.75) is 38.5 Å². The summed E-state index contributed by atoms with van der Waals surface area (Å²) >= 11 is 0. The molecule has 3 rings (SSSR count). The highest BCUT2D eigenvalue weighted by Gasteiger charge is 2.31. The maximum Gasteiger partial charge on any atom is 0.275 e. The van der Waals surface area contributed by atoms with Gasteiger partial charge in [0.05, 0.1) is 4.90 Å². The summed E-state index contributed by atoms with van der Waals surface area (Å²) in [4.78, 5) is 30.0. The van der Waals surface area contributed by atoms with Gasteiger partial charge in [0.15, 0.2) is 5.78 Å². The first-order valence-corrected chi connectivity index (χ1v) is 10.3. The smallest absolute Gasteiger partial charge is 0.275 e. The van der Waals surface area contributed by atoms with Gasteiger partial charge in [-0.1, -0.05) is 13.0 Å². The van der Waals surface area contributed by atoms with Crippen molar-refractivity contribution in [3.63, 3.8) is 0 Å². The number of amides is 1. The molecule has 2 heterocycles. The third-order valence-electron chi connectivity index (χ3n) is 4.99. The van der Waals surface area contributed by atoms with Crippen molar-refractivity contribution in [3.8, 4) is 0 Å². The van der Waals surface area contributed by atoms with Crippen molar-refractivity contribution in [1.29, 1.82) is 0 Å². The number of sulfonamides is 1. The molecule has 0 saturated heterocycles. The van der Waals surface area contributed by atoms with Crippen LogP contribution in [0.15, 0.2) is 23.1 Å². The molecule has 0 radical (unpaired) electrons. The van der Waals surface area contributed by atoms with Gasteiger partial charge in [0.2, 0.25) is 10.0 Å². The van der Waals surface area contributed by atoms with E-state index < -0.39 is 10.0 Å². The number of carbonyl (C=O) groups is 2. The molecular formula is C19H23N3O4S. The molecule has 1 aliphatic rings. The van der Waals surface area contributed by atoms with Gasteiger partial charge in [-0.15, -0.1) is 0 Å². The summed E-state index contributed by atoms with van der Waals surface area (Å²) in [5.41, 5.74) is 3.86. The van der Waals surface area contributed by atoms with Crippen LogP contribution in [0.2, 0.25) is 0 Å². The minimum Gasteiger partial charge on any atom is -0.354 e. The molecule has 0 aliphatic carbocycles. The van der Waals surface area contributed by atoms with Gasteiger partial charge in [-0.3, -0.25) is 9.59 Å². The number of H-pyrrole nitrogens is 1. The minimum absolute atomic E-state index is 0.0797. The number of benzene rings is 1. The molecule has 0 atom stereocenters. The number of aromatic amines is 1. The average Bonchev–Trinajstić information content (AvgIpc) is 3.21. The Kier molecular flexibility index (Phi) is 4.96. The summed E-state index contributed by atoms with van der Waals surface area (Å²) in [7, 11) is -2.25. The number of hydrogen-bond acceptors (Lipinski definition) is 4. The average molecular weight is 389 g/mol. The molecule has 7 nitrogen and oxygen atoms in total. The van der Waals surface area contributed by atoms with E-state index in [0.717, 1.165) is 5.56 Å². The van der Waals surface area contributed by atoms with Gasteiger partial charge in [0.25, 0.3) is 5.91 Å². The van der Waals surface area contributed by atoms with E-state index in [9.17, 15) is 18.0 Å². The molecule has 1 aromatic heterocycles. The number of anilines is 1. The van der Waals surface area contributed by atoms with E-state index in [1.807, 2.05) is 6.92 Å². The molecule has 1 aromatic carbocycles. The van der Waals surface area contributed by atoms with Crippen molar-refractivity contribution < 1.29 is 18.0 Å². The summed E-state index contributed by atoms with van der Waals surface area (Å²) < 4.78 is 26.5. The summed E-state index contributed by atoms with van der Waals surface area (Å²) in [6.45, 7) is 5.64. The molecule has 0 fully saturated rings. The zero-order valence-electron chi connectivity index (χ0n) is 15.8. The molecule has 27 heavy (non-hydrogen) atoms. The Balaban J connectivity index is 2.06. The number of Topliss-reactive ketones (excluding diaryl/α,β-unsaturated/α-hetero) is 1. The lowest BCUT2D eigenvalue weighted by Crippen LogP contribution is -2.30. The van der Waals surface area contributed by atoms with E-state index in [1.165, 1.54) is 20.0 Å². The van der Waals surface area contributed by atoms with Crippen LogP contribution in [-0.4, -0.2) is 38.7 Å². The maximum atomic E-state index is 13.2. The molecule has 1 amide bonds. The van der Waals surface area contributed by atoms with Gasteiger partial charge in [-0.2, -0.15) is 0 Å². The van der Waals surface area contributed by atoms with Crippen LogP contribution in [0.3, 0.4) is 0 Å². The van der Waals surface area contributed by atoms with Gasteiger partial charge in [-0.05, 0) is 57.0 Å². The third kappa shape index (κ3) is 3.19. The first-order chi connectivity index (χ1) is 12.7. The number of hydrogen-bond donors (Lipinski definition) is 2. The Bertz CT molecular complexity index is 1040. The lowest BCUT2D eigenvalue weighted by Gasteiger charge is -2.18. The third-order valence-corrected chi connectivity index (χ3v) is 6.40. The highest BCUT2D eigenvalue weighted by Crippen LogP contribution is 2.33. The fourth-order valence-corrected chi connectivity index (χ4v) is 4.43. The molecule has 2 N–H and O–H groups in total. The Morgan fingerprint density at radius 3 is 2.59 bits per heavy atom. The predicted molar refractivity (Wildman–Crippen MR) is 103 cm³/mol. The fourth-order valence-electron chi connectivity index (χ4n) is 3.68. The second kappa shape index (κ2) is 6.94. The van der Waals surface area contributed by atoms with Gasteiger partial charge in [-0.25, -0.2) is 13.1 Å². The lowest BCUT2D eigenvalue weighted by atomic mass is 10.0. The number of nitrogens with zero attached hydrogens (tertiary/aromatic N) is 1. The van der Waals surface area contributed by atoms with E-state index in [2.05, 4.69) is 9.71 Å². The van der Waals surface area contributed by atoms with Crippen LogP contribution in [0, 0.1) is 6.92 Å². The van der Waals surface area contributed by atoms with Crippen LogP contribution in [0.5, 0.6) is 0 Å². The zero-order chi connectivity index (χ0) is 19.9. The second-order valence-corrected chi connectivity index (χ2v) is 8.48. The van der Waals surface area contributed by atoms with Gasteiger partial charge in [0, 0.05) is 23.5 Å². The molecule has 0 saturated carbocycles. The van der Waals surface area contributed by atoms with Crippen molar-refractivity contribution >= 4 is 27.4 Å². The minimum atomic E-state index is -3.60. The molecule has 1 aliphatic heterocycles. The van der Waals surface area contributed by atoms with Crippen molar-refractivity contribution in [3.05, 3.63) is 46.3 Å². The maximum absolute atomic E-state index is 13.2. The monoisotopic (exact) mass is 389 g/mol. The first kappa shape index (κ1) is 19.3. The van der Waals surface area contributed by atoms with Crippen LogP contribution >= 0.6 is 0 Å². The molecule has 0 bridgehead atoms. The first-order valence-electron chi connectivity index (χ1n) is 8.82. The topological polar surface area (TPSA) is 99.3 Å². The Hall–Kier alpha value is -2.45. The quantitative estimate of drug-likeness (QED) is 0.766. The Labute approximate surface area is 158 Å². The molecule has 144 valence electrons. The number of nitrogens with one attached hydrogen (secondary N) is 2.